The third-order valence-corrected chi connectivity index (χ3v) is 5.54. The molecule has 1 aromatic carbocycles. The Morgan fingerprint density at radius 3 is 2.21 bits per heavy atom. The molecule has 5 heteroatoms. The lowest BCUT2D eigenvalue weighted by Gasteiger charge is -2.27. The highest BCUT2D eigenvalue weighted by molar-refractivity contribution is 6.30. The average molecular weight is 423 g/mol. The van der Waals surface area contributed by atoms with Crippen molar-refractivity contribution < 1.29 is 9.53 Å². The lowest BCUT2D eigenvalue weighted by Crippen LogP contribution is -2.37. The Morgan fingerprint density at radius 1 is 1.00 bits per heavy atom. The minimum absolute atomic E-state index is 0.238. The van der Waals surface area contributed by atoms with Crippen LogP contribution in [-0.4, -0.2) is 47.7 Å². The van der Waals surface area contributed by atoms with E-state index in [-0.39, 0.29) is 6.09 Å². The predicted octanol–water partition coefficient (Wildman–Crippen LogP) is 6.51. The Hall–Kier alpha value is -1.26. The number of halogens is 1. The van der Waals surface area contributed by atoms with Crippen molar-refractivity contribution in [1.82, 2.24) is 9.80 Å². The van der Waals surface area contributed by atoms with Gasteiger partial charge in [0, 0.05) is 18.1 Å². The molecule has 1 aliphatic heterocycles. The van der Waals surface area contributed by atoms with Crippen LogP contribution in [0.15, 0.2) is 24.3 Å². The van der Waals surface area contributed by atoms with Crippen molar-refractivity contribution in [3.63, 3.8) is 0 Å². The highest BCUT2D eigenvalue weighted by Gasteiger charge is 2.22. The molecule has 1 amide bonds. The largest absolute Gasteiger partial charge is 0.444 e. The van der Waals surface area contributed by atoms with Crippen LogP contribution in [0.5, 0.6) is 0 Å². The van der Waals surface area contributed by atoms with Crippen LogP contribution in [0.2, 0.25) is 5.02 Å². The summed E-state index contributed by atoms with van der Waals surface area (Å²) in [5.74, 6) is 0. The number of benzene rings is 1. The highest BCUT2D eigenvalue weighted by Crippen LogP contribution is 2.16. The zero-order valence-corrected chi connectivity index (χ0v) is 19.3. The minimum atomic E-state index is -0.481. The van der Waals surface area contributed by atoms with E-state index < -0.39 is 5.60 Å². The molecule has 164 valence electrons. The number of likely N-dealkylation sites (tertiary alicyclic amines) is 1. The van der Waals surface area contributed by atoms with Gasteiger partial charge >= 0.3 is 6.09 Å². The maximum absolute atomic E-state index is 12.6. The first-order valence-electron chi connectivity index (χ1n) is 11.3. The molecule has 0 N–H and O–H groups in total. The summed E-state index contributed by atoms with van der Waals surface area (Å²) < 4.78 is 5.61. The molecule has 2 rings (SSSR count). The van der Waals surface area contributed by atoms with Crippen molar-refractivity contribution in [2.75, 3.05) is 26.2 Å². The van der Waals surface area contributed by atoms with E-state index in [1.165, 1.54) is 58.2 Å². The summed E-state index contributed by atoms with van der Waals surface area (Å²) in [6.45, 7) is 10.9. The molecule has 4 nitrogen and oxygen atoms in total. The summed E-state index contributed by atoms with van der Waals surface area (Å²) in [6, 6.07) is 7.68. The summed E-state index contributed by atoms with van der Waals surface area (Å²) in [5.41, 5.74) is 0.590. The van der Waals surface area contributed by atoms with Gasteiger partial charge < -0.3 is 14.5 Å². The van der Waals surface area contributed by atoms with E-state index in [1.54, 1.807) is 0 Å². The molecule has 0 atom stereocenters. The fourth-order valence-electron chi connectivity index (χ4n) is 3.72. The molecule has 1 aliphatic rings. The van der Waals surface area contributed by atoms with Gasteiger partial charge in [0.05, 0.1) is 0 Å². The third-order valence-electron chi connectivity index (χ3n) is 5.29. The van der Waals surface area contributed by atoms with Gasteiger partial charge in [0.1, 0.15) is 5.60 Å². The van der Waals surface area contributed by atoms with Gasteiger partial charge in [-0.1, -0.05) is 49.4 Å². The van der Waals surface area contributed by atoms with Crippen molar-refractivity contribution >= 4 is 17.7 Å². The fourth-order valence-corrected chi connectivity index (χ4v) is 3.85. The van der Waals surface area contributed by atoms with E-state index in [1.807, 2.05) is 49.9 Å². The molecule has 0 saturated carbocycles. The van der Waals surface area contributed by atoms with Crippen LogP contribution < -0.4 is 0 Å². The molecule has 1 fully saturated rings. The van der Waals surface area contributed by atoms with E-state index in [0.29, 0.717) is 11.6 Å². The highest BCUT2D eigenvalue weighted by atomic mass is 35.5. The Labute approximate surface area is 182 Å². The number of rotatable bonds is 11. The number of hydrogen-bond donors (Lipinski definition) is 0. The molecule has 1 saturated heterocycles. The summed E-state index contributed by atoms with van der Waals surface area (Å²) in [5, 5.41) is 0.710. The Bertz CT molecular complexity index is 592. The molecule has 0 aliphatic carbocycles. The summed E-state index contributed by atoms with van der Waals surface area (Å²) in [4.78, 5) is 17.0. The van der Waals surface area contributed by atoms with Crippen LogP contribution in [0.4, 0.5) is 4.79 Å². The van der Waals surface area contributed by atoms with Crippen LogP contribution in [0, 0.1) is 0 Å². The molecule has 0 spiro atoms. The van der Waals surface area contributed by atoms with Gasteiger partial charge in [-0.2, -0.15) is 0 Å². The van der Waals surface area contributed by atoms with Crippen molar-refractivity contribution in [3.8, 4) is 0 Å². The Kier molecular flexibility index (Phi) is 10.3. The summed E-state index contributed by atoms with van der Waals surface area (Å²) >= 11 is 5.98. The average Bonchev–Trinajstić information content (AvgIpc) is 3.16. The number of hydrogen-bond acceptors (Lipinski definition) is 3. The van der Waals surface area contributed by atoms with E-state index in [2.05, 4.69) is 4.90 Å². The van der Waals surface area contributed by atoms with Crippen molar-refractivity contribution in [2.45, 2.75) is 84.3 Å². The zero-order valence-electron chi connectivity index (χ0n) is 18.6. The van der Waals surface area contributed by atoms with Gasteiger partial charge in [0.2, 0.25) is 0 Å². The number of ether oxygens (including phenoxy) is 1. The van der Waals surface area contributed by atoms with E-state index in [9.17, 15) is 4.79 Å². The first-order valence-corrected chi connectivity index (χ1v) is 11.7. The molecule has 1 aromatic rings. The molecule has 1 heterocycles. The first-order chi connectivity index (χ1) is 13.8. The second-order valence-corrected chi connectivity index (χ2v) is 9.63. The maximum atomic E-state index is 12.6. The standard InChI is InChI=1S/C24H39ClN2O2/c1-24(2,3)29-23(28)27(20-21-12-14-22(25)15-13-21)19-9-7-5-4-6-8-16-26-17-10-11-18-26/h12-15H,4-11,16-20H2,1-3H3. The van der Waals surface area contributed by atoms with Crippen LogP contribution in [-0.2, 0) is 11.3 Å². The Balaban J connectivity index is 1.68. The van der Waals surface area contributed by atoms with Crippen molar-refractivity contribution in [2.24, 2.45) is 0 Å². The molecular formula is C24H39ClN2O2. The summed E-state index contributed by atoms with van der Waals surface area (Å²) in [7, 11) is 0. The quantitative estimate of drug-likeness (QED) is 0.381. The van der Waals surface area contributed by atoms with Gasteiger partial charge in [-0.25, -0.2) is 4.79 Å². The number of amides is 1. The molecule has 0 aromatic heterocycles. The minimum Gasteiger partial charge on any atom is -0.444 e. The monoisotopic (exact) mass is 422 g/mol. The predicted molar refractivity (Wildman–Crippen MR) is 121 cm³/mol. The van der Waals surface area contributed by atoms with Gasteiger partial charge in [-0.15, -0.1) is 0 Å². The normalized spacial score (nSPS) is 14.9. The molecular weight excluding hydrogens is 384 g/mol. The van der Waals surface area contributed by atoms with Crippen LogP contribution in [0.25, 0.3) is 0 Å². The molecule has 0 unspecified atom stereocenters. The second-order valence-electron chi connectivity index (χ2n) is 9.20. The van der Waals surface area contributed by atoms with Gasteiger partial charge in [0.15, 0.2) is 0 Å². The van der Waals surface area contributed by atoms with E-state index in [0.717, 1.165) is 24.9 Å². The Morgan fingerprint density at radius 2 is 1.59 bits per heavy atom. The topological polar surface area (TPSA) is 32.8 Å². The van der Waals surface area contributed by atoms with Crippen LogP contribution in [0.1, 0.15) is 77.7 Å². The summed E-state index contributed by atoms with van der Waals surface area (Å²) in [6.07, 6.45) is 9.85. The van der Waals surface area contributed by atoms with Gasteiger partial charge in [-0.3, -0.25) is 0 Å². The number of unbranched alkanes of at least 4 members (excludes halogenated alkanes) is 5. The molecule has 0 bridgehead atoms. The van der Waals surface area contributed by atoms with Gasteiger partial charge in [0.25, 0.3) is 0 Å². The van der Waals surface area contributed by atoms with Crippen molar-refractivity contribution in [1.29, 1.82) is 0 Å². The number of carbonyl (C=O) groups excluding carboxylic acids is 1. The first kappa shape index (κ1) is 24.0. The number of carbonyl (C=O) groups is 1. The SMILES string of the molecule is CC(C)(C)OC(=O)N(CCCCCCCCN1CCCC1)Cc1ccc(Cl)cc1. The molecule has 0 radical (unpaired) electrons. The fraction of sp³-hybridized carbons (Fsp3) is 0.708. The van der Waals surface area contributed by atoms with Gasteiger partial charge in [-0.05, 0) is 83.8 Å². The lowest BCUT2D eigenvalue weighted by atomic mass is 10.1. The zero-order chi connectivity index (χ0) is 21.1. The third kappa shape index (κ3) is 10.4. The van der Waals surface area contributed by atoms with E-state index in [4.69, 9.17) is 16.3 Å². The maximum Gasteiger partial charge on any atom is 0.410 e. The second kappa shape index (κ2) is 12.4. The lowest BCUT2D eigenvalue weighted by molar-refractivity contribution is 0.0230. The smallest absolute Gasteiger partial charge is 0.410 e. The number of nitrogens with zero attached hydrogens (tertiary/aromatic N) is 2. The molecule has 29 heavy (non-hydrogen) atoms. The van der Waals surface area contributed by atoms with Crippen LogP contribution >= 0.6 is 11.6 Å². The van der Waals surface area contributed by atoms with Crippen molar-refractivity contribution in [3.05, 3.63) is 34.9 Å². The van der Waals surface area contributed by atoms with Crippen LogP contribution in [0.3, 0.4) is 0 Å². The van der Waals surface area contributed by atoms with E-state index >= 15 is 0 Å².